The molecule has 0 saturated carbocycles. The van der Waals surface area contributed by atoms with Gasteiger partial charge in [-0.15, -0.1) is 0 Å². The average molecular weight is 415 g/mol. The van der Waals surface area contributed by atoms with Gasteiger partial charge in [0.1, 0.15) is 0 Å². The van der Waals surface area contributed by atoms with Gasteiger partial charge in [0, 0.05) is 29.4 Å². The molecule has 2 aromatic rings. The largest absolute Gasteiger partial charge is 0.462 e. The molecule has 1 atom stereocenters. The molecule has 3 rings (SSSR count). The van der Waals surface area contributed by atoms with Gasteiger partial charge in [0.05, 0.1) is 18.1 Å². The quantitative estimate of drug-likeness (QED) is 0.720. The number of rotatable bonds is 6. The van der Waals surface area contributed by atoms with E-state index >= 15 is 0 Å². The molecule has 0 spiro atoms. The number of anilines is 2. The highest BCUT2D eigenvalue weighted by Crippen LogP contribution is 2.27. The van der Waals surface area contributed by atoms with E-state index in [1.54, 1.807) is 53.4 Å². The average Bonchev–Trinajstić information content (AvgIpc) is 3.09. The van der Waals surface area contributed by atoms with E-state index in [2.05, 4.69) is 5.32 Å². The molecule has 0 bridgehead atoms. The molecule has 0 unspecified atom stereocenters. The molecule has 0 aliphatic carbocycles. The van der Waals surface area contributed by atoms with Crippen molar-refractivity contribution in [3.63, 3.8) is 0 Å². The van der Waals surface area contributed by atoms with E-state index in [1.807, 2.05) is 13.8 Å². The van der Waals surface area contributed by atoms with E-state index in [0.29, 0.717) is 29.4 Å². The first-order valence-electron chi connectivity index (χ1n) is 9.47. The molecule has 1 N–H and O–H groups in total. The summed E-state index contributed by atoms with van der Waals surface area (Å²) in [6.07, 6.45) is 0.147. The first kappa shape index (κ1) is 20.9. The van der Waals surface area contributed by atoms with Crippen molar-refractivity contribution in [3.05, 3.63) is 59.1 Å². The Balaban J connectivity index is 1.58. The van der Waals surface area contributed by atoms with Crippen LogP contribution in [0.5, 0.6) is 0 Å². The van der Waals surface area contributed by atoms with Gasteiger partial charge in [0.15, 0.2) is 0 Å². The van der Waals surface area contributed by atoms with Crippen LogP contribution in [0.1, 0.15) is 30.6 Å². The molecule has 1 aliphatic rings. The number of nitrogens with one attached hydrogen (secondary N) is 1. The van der Waals surface area contributed by atoms with Gasteiger partial charge in [0.2, 0.25) is 11.8 Å². The Labute approximate surface area is 174 Å². The zero-order chi connectivity index (χ0) is 21.0. The van der Waals surface area contributed by atoms with Gasteiger partial charge < -0.3 is 15.0 Å². The number of esters is 1. The Morgan fingerprint density at radius 2 is 1.79 bits per heavy atom. The molecule has 1 fully saturated rings. The lowest BCUT2D eigenvalue weighted by Gasteiger charge is -2.16. The first-order chi connectivity index (χ1) is 13.8. The standard InChI is InChI=1S/C22H23ClN2O4/c1-14(2)13-29-22(28)15-3-7-18(8-4-15)24-21(27)16-11-20(26)25(12-16)19-9-5-17(23)6-10-19/h3-10,14,16H,11-13H2,1-2H3,(H,24,27)/t16-/m0/s1. The fourth-order valence-corrected chi connectivity index (χ4v) is 3.14. The fourth-order valence-electron chi connectivity index (χ4n) is 3.01. The van der Waals surface area contributed by atoms with Crippen LogP contribution in [0.3, 0.4) is 0 Å². The van der Waals surface area contributed by atoms with Crippen LogP contribution < -0.4 is 10.2 Å². The molecular formula is C22H23ClN2O4. The van der Waals surface area contributed by atoms with Gasteiger partial charge in [0.25, 0.3) is 0 Å². The molecule has 0 aromatic heterocycles. The van der Waals surface area contributed by atoms with E-state index in [0.717, 1.165) is 5.69 Å². The summed E-state index contributed by atoms with van der Waals surface area (Å²) in [6.45, 7) is 4.60. The van der Waals surface area contributed by atoms with Crippen LogP contribution in [0.4, 0.5) is 11.4 Å². The third-order valence-corrected chi connectivity index (χ3v) is 4.82. The third-order valence-electron chi connectivity index (χ3n) is 4.57. The summed E-state index contributed by atoms with van der Waals surface area (Å²) in [5.41, 5.74) is 1.71. The second-order valence-electron chi connectivity index (χ2n) is 7.44. The third kappa shape index (κ3) is 5.35. The minimum absolute atomic E-state index is 0.101. The number of hydrogen-bond acceptors (Lipinski definition) is 4. The van der Waals surface area contributed by atoms with Crippen molar-refractivity contribution in [1.82, 2.24) is 0 Å². The second-order valence-corrected chi connectivity index (χ2v) is 7.88. The number of carbonyl (C=O) groups excluding carboxylic acids is 3. The number of ether oxygens (including phenoxy) is 1. The normalized spacial score (nSPS) is 16.2. The van der Waals surface area contributed by atoms with Crippen molar-refractivity contribution >= 4 is 40.8 Å². The summed E-state index contributed by atoms with van der Waals surface area (Å²) >= 11 is 5.89. The zero-order valence-corrected chi connectivity index (χ0v) is 17.1. The van der Waals surface area contributed by atoms with Crippen LogP contribution in [0, 0.1) is 11.8 Å². The van der Waals surface area contributed by atoms with Crippen LogP contribution in [0.2, 0.25) is 5.02 Å². The highest BCUT2D eigenvalue weighted by atomic mass is 35.5. The molecule has 1 heterocycles. The van der Waals surface area contributed by atoms with Gasteiger partial charge in [-0.25, -0.2) is 4.79 Å². The number of halogens is 1. The summed E-state index contributed by atoms with van der Waals surface area (Å²) in [5.74, 6) is -0.912. The molecule has 7 heteroatoms. The molecule has 0 radical (unpaired) electrons. The minimum atomic E-state index is -0.450. The molecule has 152 valence electrons. The first-order valence-corrected chi connectivity index (χ1v) is 9.85. The SMILES string of the molecule is CC(C)COC(=O)c1ccc(NC(=O)[C@H]2CC(=O)N(c3ccc(Cl)cc3)C2)cc1. The van der Waals surface area contributed by atoms with Gasteiger partial charge >= 0.3 is 5.97 Å². The van der Waals surface area contributed by atoms with Crippen LogP contribution in [-0.4, -0.2) is 30.9 Å². The lowest BCUT2D eigenvalue weighted by molar-refractivity contribution is -0.122. The van der Waals surface area contributed by atoms with Crippen molar-refractivity contribution in [2.45, 2.75) is 20.3 Å². The summed E-state index contributed by atoms with van der Waals surface area (Å²) in [7, 11) is 0. The zero-order valence-electron chi connectivity index (χ0n) is 16.4. The summed E-state index contributed by atoms with van der Waals surface area (Å²) in [4.78, 5) is 38.5. The van der Waals surface area contributed by atoms with Crippen LogP contribution >= 0.6 is 11.6 Å². The smallest absolute Gasteiger partial charge is 0.338 e. The Kier molecular flexibility index (Phi) is 6.54. The predicted molar refractivity (Wildman–Crippen MR) is 112 cm³/mol. The van der Waals surface area contributed by atoms with Crippen LogP contribution in [0.15, 0.2) is 48.5 Å². The molecular weight excluding hydrogens is 392 g/mol. The fraction of sp³-hybridized carbons (Fsp3) is 0.318. The Morgan fingerprint density at radius 1 is 1.14 bits per heavy atom. The van der Waals surface area contributed by atoms with Gasteiger partial charge in [-0.2, -0.15) is 0 Å². The summed E-state index contributed by atoms with van der Waals surface area (Å²) in [5, 5.41) is 3.40. The van der Waals surface area contributed by atoms with Crippen molar-refractivity contribution in [1.29, 1.82) is 0 Å². The van der Waals surface area contributed by atoms with Crippen molar-refractivity contribution in [2.24, 2.45) is 11.8 Å². The second kappa shape index (κ2) is 9.09. The molecule has 2 amide bonds. The maximum Gasteiger partial charge on any atom is 0.338 e. The van der Waals surface area contributed by atoms with E-state index in [9.17, 15) is 14.4 Å². The van der Waals surface area contributed by atoms with Gasteiger partial charge in [-0.1, -0.05) is 25.4 Å². The van der Waals surface area contributed by atoms with E-state index in [-0.39, 0.29) is 24.2 Å². The molecule has 6 nitrogen and oxygen atoms in total. The number of carbonyl (C=O) groups is 3. The van der Waals surface area contributed by atoms with Crippen molar-refractivity contribution in [3.8, 4) is 0 Å². The monoisotopic (exact) mass is 414 g/mol. The Hall–Kier alpha value is -2.86. The lowest BCUT2D eigenvalue weighted by Crippen LogP contribution is -2.28. The summed E-state index contributed by atoms with van der Waals surface area (Å²) in [6, 6.07) is 13.5. The van der Waals surface area contributed by atoms with Gasteiger partial charge in [-0.05, 0) is 54.4 Å². The Bertz CT molecular complexity index is 894. The molecule has 1 saturated heterocycles. The summed E-state index contributed by atoms with van der Waals surface area (Å²) < 4.78 is 5.19. The van der Waals surface area contributed by atoms with E-state index in [1.165, 1.54) is 0 Å². The van der Waals surface area contributed by atoms with Crippen molar-refractivity contribution < 1.29 is 19.1 Å². The number of amides is 2. The van der Waals surface area contributed by atoms with E-state index < -0.39 is 11.9 Å². The highest BCUT2D eigenvalue weighted by Gasteiger charge is 2.35. The van der Waals surface area contributed by atoms with E-state index in [4.69, 9.17) is 16.3 Å². The predicted octanol–water partition coefficient (Wildman–Crippen LogP) is 4.14. The van der Waals surface area contributed by atoms with Crippen LogP contribution in [-0.2, 0) is 14.3 Å². The molecule has 2 aromatic carbocycles. The highest BCUT2D eigenvalue weighted by molar-refractivity contribution is 6.30. The number of hydrogen-bond donors (Lipinski definition) is 1. The molecule has 1 aliphatic heterocycles. The maximum atomic E-state index is 12.6. The number of benzene rings is 2. The Morgan fingerprint density at radius 3 is 2.41 bits per heavy atom. The minimum Gasteiger partial charge on any atom is -0.462 e. The van der Waals surface area contributed by atoms with Crippen LogP contribution in [0.25, 0.3) is 0 Å². The number of nitrogens with zero attached hydrogens (tertiary/aromatic N) is 1. The van der Waals surface area contributed by atoms with Crippen molar-refractivity contribution in [2.75, 3.05) is 23.4 Å². The molecule has 29 heavy (non-hydrogen) atoms. The maximum absolute atomic E-state index is 12.6. The van der Waals surface area contributed by atoms with Gasteiger partial charge in [-0.3, -0.25) is 9.59 Å². The topological polar surface area (TPSA) is 75.7 Å². The lowest BCUT2D eigenvalue weighted by atomic mass is 10.1.